The van der Waals surface area contributed by atoms with Crippen LogP contribution in [-0.4, -0.2) is 4.98 Å². The highest BCUT2D eigenvalue weighted by Crippen LogP contribution is 2.79. The van der Waals surface area contributed by atoms with Crippen LogP contribution >= 0.6 is 23.5 Å². The third kappa shape index (κ3) is 1.35. The molecule has 17 heteroatoms. The highest BCUT2D eigenvalue weighted by molar-refractivity contribution is 7.51. The molecule has 2 aromatic carbocycles. The summed E-state index contributed by atoms with van der Waals surface area (Å²) in [6.45, 7) is 0. The van der Waals surface area contributed by atoms with Crippen LogP contribution in [0.3, 0.4) is 0 Å². The number of phosphoric acid groups is 3. The van der Waals surface area contributed by atoms with Crippen molar-refractivity contribution in [1.29, 1.82) is 0 Å². The number of nitrogens with one attached hydrogen (secondary N) is 1. The summed E-state index contributed by atoms with van der Waals surface area (Å²) in [5.41, 5.74) is 2.84. The van der Waals surface area contributed by atoms with Gasteiger partial charge in [-0.25, -0.2) is 15.0 Å². The fourth-order valence-corrected chi connectivity index (χ4v) is 7.84. The van der Waals surface area contributed by atoms with E-state index in [4.69, 9.17) is 40.8 Å². The van der Waals surface area contributed by atoms with E-state index in [1.54, 1.807) is 0 Å². The van der Waals surface area contributed by atoms with Gasteiger partial charge < -0.3 is 36.2 Å². The minimum Gasteiger partial charge on any atom is -0.392 e. The number of aromatic nitrogens is 1. The molecule has 0 radical (unpaired) electrons. The third-order valence-electron chi connectivity index (χ3n) is 5.20. The normalized spacial score (nSPS) is 33.1. The second-order valence-corrected chi connectivity index (χ2v) is 11.2. The number of phosphoric ester groups is 3. The molecule has 30 heavy (non-hydrogen) atoms. The van der Waals surface area contributed by atoms with Gasteiger partial charge in [-0.1, -0.05) is 0 Å². The van der Waals surface area contributed by atoms with Crippen LogP contribution in [0.5, 0.6) is 46.0 Å². The van der Waals surface area contributed by atoms with E-state index in [1.165, 1.54) is 0 Å². The predicted molar refractivity (Wildman–Crippen MR) is 91.8 cm³/mol. The lowest BCUT2D eigenvalue weighted by Gasteiger charge is -2.25. The summed E-state index contributed by atoms with van der Waals surface area (Å²) in [6, 6.07) is 0. The maximum atomic E-state index is 13.1. The van der Waals surface area contributed by atoms with Crippen molar-refractivity contribution in [2.75, 3.05) is 5.48 Å². The summed E-state index contributed by atoms with van der Waals surface area (Å²) in [7, 11) is -12.1. The first-order valence-corrected chi connectivity index (χ1v) is 12.6. The van der Waals surface area contributed by atoms with Gasteiger partial charge in [0.25, 0.3) is 0 Å². The van der Waals surface area contributed by atoms with Gasteiger partial charge in [-0.15, -0.1) is 4.62 Å². The average molecular weight is 470 g/mol. The number of hydrogen-bond donors (Lipinski definition) is 1. The molecule has 0 fully saturated rings. The van der Waals surface area contributed by atoms with Crippen LogP contribution in [-0.2, 0) is 18.3 Å². The van der Waals surface area contributed by atoms with Crippen molar-refractivity contribution in [2.45, 2.75) is 0 Å². The smallest absolute Gasteiger partial charge is 0.392 e. The van der Waals surface area contributed by atoms with E-state index in [0.29, 0.717) is 0 Å². The van der Waals surface area contributed by atoms with Crippen LogP contribution in [0, 0.1) is 0 Å². The number of hydrogen-bond acceptors (Lipinski definition) is 14. The van der Waals surface area contributed by atoms with E-state index < -0.39 is 23.5 Å². The summed E-state index contributed by atoms with van der Waals surface area (Å²) in [4.78, 5) is 4.55. The van der Waals surface area contributed by atoms with Crippen LogP contribution in [0.15, 0.2) is 0 Å². The van der Waals surface area contributed by atoms with Crippen LogP contribution in [0.2, 0.25) is 0 Å². The number of pyridine rings is 1. The SMILES string of the molecule is O=P12Oc3c(c4c5c6c7c(c8c9c(c7nc5c3O1)OP(=O)(O9)O8)OP(=O)(ON4)O6)O2. The van der Waals surface area contributed by atoms with Crippen molar-refractivity contribution >= 4 is 51.0 Å². The zero-order valence-corrected chi connectivity index (χ0v) is 16.4. The van der Waals surface area contributed by atoms with Crippen molar-refractivity contribution in [1.82, 2.24) is 4.98 Å². The molecule has 3 unspecified atom stereocenters. The molecule has 14 nitrogen and oxygen atoms in total. The minimum atomic E-state index is -4.27. The van der Waals surface area contributed by atoms with E-state index in [9.17, 15) is 13.7 Å². The molecule has 0 aliphatic carbocycles. The first-order chi connectivity index (χ1) is 14.3. The summed E-state index contributed by atoms with van der Waals surface area (Å²) in [5, 5.41) is 0.477. The second kappa shape index (κ2) is 3.83. The van der Waals surface area contributed by atoms with Crippen molar-refractivity contribution < 1.29 is 54.5 Å². The van der Waals surface area contributed by atoms with Gasteiger partial charge >= 0.3 is 23.5 Å². The average Bonchev–Trinajstić information content (AvgIpc) is 3.38. The Morgan fingerprint density at radius 3 is 1.77 bits per heavy atom. The molecule has 3 aromatic rings. The van der Waals surface area contributed by atoms with E-state index in [2.05, 4.69) is 10.5 Å². The van der Waals surface area contributed by atoms with Gasteiger partial charge in [0, 0.05) is 0 Å². The number of benzene rings is 2. The maximum absolute atomic E-state index is 13.1. The van der Waals surface area contributed by atoms with Gasteiger partial charge in [-0.2, -0.15) is 9.13 Å². The number of fused-ring (bicyclic) bond motifs is 7. The van der Waals surface area contributed by atoms with E-state index in [0.717, 1.165) is 0 Å². The molecule has 0 saturated carbocycles. The zero-order chi connectivity index (χ0) is 19.8. The van der Waals surface area contributed by atoms with Gasteiger partial charge in [0.2, 0.25) is 34.5 Å². The highest BCUT2D eigenvalue weighted by atomic mass is 31.2. The third-order valence-corrected chi connectivity index (χ3v) is 8.77. The Labute approximate surface area is 162 Å². The topological polar surface area (TPSA) is 159 Å². The van der Waals surface area contributed by atoms with Gasteiger partial charge in [0.05, 0.1) is 10.8 Å². The van der Waals surface area contributed by atoms with Crippen molar-refractivity contribution in [3.63, 3.8) is 0 Å². The first-order valence-electron chi connectivity index (χ1n) is 8.23. The zero-order valence-electron chi connectivity index (χ0n) is 13.7. The van der Waals surface area contributed by atoms with Crippen LogP contribution in [0.25, 0.3) is 21.8 Å². The Hall–Kier alpha value is -3.04. The molecule has 1 aromatic heterocycles. The standard InChI is InChI=1S/C13HN2O12P3/c16-28-21-8-3-1-5(10(23-28)12(8)25-28)15-27-30(18)19-6(1)2-4(14-3)9-13-11(7(2)20-30)24-29(17,22-9)26-13/h15H. The van der Waals surface area contributed by atoms with Crippen molar-refractivity contribution in [3.05, 3.63) is 0 Å². The van der Waals surface area contributed by atoms with Gasteiger partial charge in [0.15, 0.2) is 11.5 Å². The van der Waals surface area contributed by atoms with Gasteiger partial charge in [-0.05, 0) is 0 Å². The fourth-order valence-electron chi connectivity index (χ4n) is 4.14. The summed E-state index contributed by atoms with van der Waals surface area (Å²) >= 11 is 0. The molecule has 6 aliphatic heterocycles. The number of nitrogens with zero attached hydrogens (tertiary/aromatic N) is 1. The summed E-state index contributed by atoms with van der Waals surface area (Å²) in [6.07, 6.45) is 0. The Morgan fingerprint density at radius 1 is 0.533 bits per heavy atom. The molecular formula is C13HN2O12P3. The Morgan fingerprint density at radius 2 is 1.03 bits per heavy atom. The minimum absolute atomic E-state index is 0.00829. The van der Waals surface area contributed by atoms with Crippen LogP contribution in [0.1, 0.15) is 0 Å². The summed E-state index contributed by atoms with van der Waals surface area (Å²) in [5.74, 6) is 0.0425. The Balaban J connectivity index is 1.58. The summed E-state index contributed by atoms with van der Waals surface area (Å²) < 4.78 is 86.3. The highest BCUT2D eigenvalue weighted by Gasteiger charge is 2.59. The molecule has 150 valence electrons. The molecule has 0 saturated heterocycles. The lowest BCUT2D eigenvalue weighted by Crippen LogP contribution is -2.11. The number of rotatable bonds is 0. The fraction of sp³-hybridized carbons (Fsp3) is 0. The number of anilines is 1. The largest absolute Gasteiger partial charge is 0.647 e. The monoisotopic (exact) mass is 470 g/mol. The molecule has 0 amide bonds. The van der Waals surface area contributed by atoms with E-state index in [-0.39, 0.29) is 73.5 Å². The second-order valence-electron chi connectivity index (χ2n) is 6.83. The predicted octanol–water partition coefficient (Wildman–Crippen LogP) is 4.17. The molecule has 7 heterocycles. The first kappa shape index (κ1) is 14.9. The molecule has 0 spiro atoms. The lowest BCUT2D eigenvalue weighted by molar-refractivity contribution is 0.244. The Bertz CT molecular complexity index is 1670. The molecule has 6 bridgehead atoms. The maximum Gasteiger partial charge on any atom is 0.647 e. The van der Waals surface area contributed by atoms with Crippen LogP contribution in [0.4, 0.5) is 5.69 Å². The van der Waals surface area contributed by atoms with Gasteiger partial charge in [0.1, 0.15) is 16.7 Å². The van der Waals surface area contributed by atoms with E-state index >= 15 is 0 Å². The van der Waals surface area contributed by atoms with Crippen molar-refractivity contribution in [3.8, 4) is 46.0 Å². The molecule has 9 rings (SSSR count). The van der Waals surface area contributed by atoms with E-state index in [1.807, 2.05) is 0 Å². The van der Waals surface area contributed by atoms with Crippen molar-refractivity contribution in [2.24, 2.45) is 0 Å². The molecule has 3 atom stereocenters. The lowest BCUT2D eigenvalue weighted by atomic mass is 10.0. The molecule has 1 N–H and O–H groups in total. The quantitative estimate of drug-likeness (QED) is 0.368. The molecule has 6 aliphatic rings. The van der Waals surface area contributed by atoms with Crippen LogP contribution < -0.4 is 41.7 Å². The van der Waals surface area contributed by atoms with Gasteiger partial charge in [-0.3, -0.25) is 0 Å². The Kier molecular flexibility index (Phi) is 1.90. The molecular weight excluding hydrogens is 469 g/mol.